The number of nitrogens with zero attached hydrogens (tertiary/aromatic N) is 1. The van der Waals surface area contributed by atoms with Gasteiger partial charge in [0, 0.05) is 53.1 Å². The predicted octanol–water partition coefficient (Wildman–Crippen LogP) is 15.8. The molecule has 3 heterocycles. The lowest BCUT2D eigenvalue weighted by molar-refractivity contribution is 0.669. The van der Waals surface area contributed by atoms with Gasteiger partial charge in [-0.2, -0.15) is 0 Å². The molecule has 12 rings (SSSR count). The molecule has 0 fully saturated rings. The molecule has 0 radical (unpaired) electrons. The van der Waals surface area contributed by atoms with E-state index in [0.29, 0.717) is 0 Å². The van der Waals surface area contributed by atoms with Crippen molar-refractivity contribution in [1.29, 1.82) is 0 Å². The Labute approximate surface area is 325 Å². The first-order valence-corrected chi connectivity index (χ1v) is 19.7. The Kier molecular flexibility index (Phi) is 6.80. The van der Waals surface area contributed by atoms with Gasteiger partial charge in [-0.1, -0.05) is 121 Å². The Morgan fingerprint density at radius 3 is 1.84 bits per heavy atom. The number of furan rings is 2. The molecule has 0 aliphatic rings. The molecule has 9 aromatic carbocycles. The average molecular weight is 734 g/mol. The predicted molar refractivity (Wildman–Crippen MR) is 237 cm³/mol. The highest BCUT2D eigenvalue weighted by Gasteiger charge is 2.21. The van der Waals surface area contributed by atoms with E-state index < -0.39 is 0 Å². The largest absolute Gasteiger partial charge is 0.456 e. The lowest BCUT2D eigenvalue weighted by atomic mass is 9.97. The zero-order chi connectivity index (χ0) is 36.7. The Balaban J connectivity index is 0.993. The van der Waals surface area contributed by atoms with Crippen LogP contribution >= 0.6 is 11.3 Å². The first-order chi connectivity index (χ1) is 27.7. The average Bonchev–Trinajstić information content (AvgIpc) is 3.96. The van der Waals surface area contributed by atoms with Gasteiger partial charge in [0.2, 0.25) is 0 Å². The van der Waals surface area contributed by atoms with Crippen molar-refractivity contribution in [3.8, 4) is 22.3 Å². The molecule has 0 atom stereocenters. The van der Waals surface area contributed by atoms with E-state index in [1.165, 1.54) is 36.7 Å². The van der Waals surface area contributed by atoms with E-state index in [0.717, 1.165) is 77.5 Å². The van der Waals surface area contributed by atoms with E-state index in [-0.39, 0.29) is 0 Å². The molecule has 262 valence electrons. The highest BCUT2D eigenvalue weighted by molar-refractivity contribution is 7.25. The number of para-hydroxylation sites is 1. The summed E-state index contributed by atoms with van der Waals surface area (Å²) in [7, 11) is 0. The number of fused-ring (bicyclic) bond motifs is 11. The van der Waals surface area contributed by atoms with Crippen molar-refractivity contribution in [2.75, 3.05) is 4.90 Å². The van der Waals surface area contributed by atoms with E-state index in [1.54, 1.807) is 0 Å². The minimum absolute atomic E-state index is 0.865. The fourth-order valence-electron chi connectivity index (χ4n) is 8.66. The molecule has 0 spiro atoms. The summed E-state index contributed by atoms with van der Waals surface area (Å²) in [5.41, 5.74) is 11.4. The smallest absolute Gasteiger partial charge is 0.143 e. The minimum Gasteiger partial charge on any atom is -0.456 e. The summed E-state index contributed by atoms with van der Waals surface area (Å²) in [6.45, 7) is 0. The molecular weight excluding hydrogens is 703 g/mol. The Bertz CT molecular complexity index is 3480. The SMILES string of the molecule is c1ccc2c(c1)ccc1c2oc2cccc(-c3ccc(N(c4ccc(-c5ccc6c(c5)sc5ccccc56)cc4)c4cccc5oc6ccccc6c45)cc3)c21. The third-order valence-corrected chi connectivity index (χ3v) is 12.4. The van der Waals surface area contributed by atoms with Crippen LogP contribution in [0.5, 0.6) is 0 Å². The van der Waals surface area contributed by atoms with Crippen LogP contribution in [0.25, 0.3) is 97.1 Å². The van der Waals surface area contributed by atoms with E-state index in [9.17, 15) is 0 Å². The molecule has 0 saturated heterocycles. The van der Waals surface area contributed by atoms with Crippen molar-refractivity contribution in [3.63, 3.8) is 0 Å². The summed E-state index contributed by atoms with van der Waals surface area (Å²) in [6, 6.07) is 67.2. The van der Waals surface area contributed by atoms with E-state index in [4.69, 9.17) is 8.83 Å². The third kappa shape index (κ3) is 4.76. The first-order valence-electron chi connectivity index (χ1n) is 18.9. The number of hydrogen-bond donors (Lipinski definition) is 0. The number of thiophene rings is 1. The maximum Gasteiger partial charge on any atom is 0.143 e. The summed E-state index contributed by atoms with van der Waals surface area (Å²) < 4.78 is 15.5. The van der Waals surface area contributed by atoms with Crippen LogP contribution in [0.15, 0.2) is 197 Å². The molecule has 0 N–H and O–H groups in total. The second kappa shape index (κ2) is 12.2. The van der Waals surface area contributed by atoms with Crippen LogP contribution in [0.2, 0.25) is 0 Å². The Hall–Kier alpha value is -7.14. The molecule has 0 aliphatic heterocycles. The van der Waals surface area contributed by atoms with Crippen molar-refractivity contribution in [2.24, 2.45) is 0 Å². The van der Waals surface area contributed by atoms with E-state index in [1.807, 2.05) is 23.5 Å². The summed E-state index contributed by atoms with van der Waals surface area (Å²) in [6.07, 6.45) is 0. The maximum atomic E-state index is 6.53. The molecular formula is C52H31NO2S. The Morgan fingerprint density at radius 2 is 1.00 bits per heavy atom. The zero-order valence-electron chi connectivity index (χ0n) is 30.1. The van der Waals surface area contributed by atoms with Crippen molar-refractivity contribution in [3.05, 3.63) is 188 Å². The minimum atomic E-state index is 0.865. The summed E-state index contributed by atoms with van der Waals surface area (Å²) >= 11 is 1.85. The van der Waals surface area contributed by atoms with Crippen LogP contribution in [0, 0.1) is 0 Å². The molecule has 12 aromatic rings. The number of anilines is 3. The van der Waals surface area contributed by atoms with Crippen LogP contribution in [0.4, 0.5) is 17.1 Å². The summed E-state index contributed by atoms with van der Waals surface area (Å²) in [5, 5.41) is 9.39. The fourth-order valence-corrected chi connectivity index (χ4v) is 9.81. The number of hydrogen-bond acceptors (Lipinski definition) is 4. The molecule has 0 aliphatic carbocycles. The molecule has 56 heavy (non-hydrogen) atoms. The zero-order valence-corrected chi connectivity index (χ0v) is 30.9. The summed E-state index contributed by atoms with van der Waals surface area (Å²) in [4.78, 5) is 2.35. The molecule has 0 amide bonds. The van der Waals surface area contributed by atoms with Crippen molar-refractivity contribution in [1.82, 2.24) is 0 Å². The first kappa shape index (κ1) is 31.2. The van der Waals surface area contributed by atoms with Crippen molar-refractivity contribution < 1.29 is 8.83 Å². The normalized spacial score (nSPS) is 11.9. The van der Waals surface area contributed by atoms with E-state index >= 15 is 0 Å². The molecule has 3 nitrogen and oxygen atoms in total. The van der Waals surface area contributed by atoms with Gasteiger partial charge in [0.05, 0.1) is 11.1 Å². The van der Waals surface area contributed by atoms with Crippen molar-refractivity contribution >= 4 is 103 Å². The van der Waals surface area contributed by atoms with Gasteiger partial charge in [-0.3, -0.25) is 0 Å². The third-order valence-electron chi connectivity index (χ3n) is 11.3. The van der Waals surface area contributed by atoms with Gasteiger partial charge in [0.1, 0.15) is 22.3 Å². The van der Waals surface area contributed by atoms with Gasteiger partial charge < -0.3 is 13.7 Å². The maximum absolute atomic E-state index is 6.53. The van der Waals surface area contributed by atoms with Gasteiger partial charge in [-0.25, -0.2) is 0 Å². The van der Waals surface area contributed by atoms with Crippen LogP contribution in [0.3, 0.4) is 0 Å². The lowest BCUT2D eigenvalue weighted by Gasteiger charge is -2.26. The number of benzene rings is 9. The lowest BCUT2D eigenvalue weighted by Crippen LogP contribution is -2.10. The van der Waals surface area contributed by atoms with Crippen LogP contribution < -0.4 is 4.90 Å². The molecule has 0 bridgehead atoms. The van der Waals surface area contributed by atoms with Gasteiger partial charge in [-0.15, -0.1) is 11.3 Å². The van der Waals surface area contributed by atoms with Gasteiger partial charge in [-0.05, 0) is 94.4 Å². The van der Waals surface area contributed by atoms with Crippen LogP contribution in [0.1, 0.15) is 0 Å². The molecule has 4 heteroatoms. The quantitative estimate of drug-likeness (QED) is 0.176. The summed E-state index contributed by atoms with van der Waals surface area (Å²) in [5.74, 6) is 0. The highest BCUT2D eigenvalue weighted by Crippen LogP contribution is 2.45. The highest BCUT2D eigenvalue weighted by atomic mass is 32.1. The standard InChI is InChI=1S/C52H31NO2S/c1-2-10-39-33(9-1)23-30-43-50-38(13-7-16-46(50)55-52(39)43)34-21-27-37(28-22-34)53(44-14-8-17-47-51(44)42-12-3-5-15-45(42)54-47)36-25-19-32(20-26-36)35-24-29-41-40-11-4-6-18-48(40)56-49(41)31-35/h1-31H. The van der Waals surface area contributed by atoms with Gasteiger partial charge >= 0.3 is 0 Å². The number of rotatable bonds is 5. The van der Waals surface area contributed by atoms with Crippen LogP contribution in [-0.2, 0) is 0 Å². The van der Waals surface area contributed by atoms with Crippen molar-refractivity contribution in [2.45, 2.75) is 0 Å². The fraction of sp³-hybridized carbons (Fsp3) is 0. The Morgan fingerprint density at radius 1 is 0.375 bits per heavy atom. The molecule has 0 unspecified atom stereocenters. The van der Waals surface area contributed by atoms with Gasteiger partial charge in [0.25, 0.3) is 0 Å². The second-order valence-corrected chi connectivity index (χ2v) is 15.5. The van der Waals surface area contributed by atoms with E-state index in [2.05, 4.69) is 181 Å². The monoisotopic (exact) mass is 733 g/mol. The molecule has 3 aromatic heterocycles. The van der Waals surface area contributed by atoms with Crippen LogP contribution in [-0.4, -0.2) is 0 Å². The second-order valence-electron chi connectivity index (χ2n) is 14.4. The topological polar surface area (TPSA) is 29.5 Å². The van der Waals surface area contributed by atoms with Gasteiger partial charge in [0.15, 0.2) is 0 Å². The molecule has 0 saturated carbocycles.